The Balaban J connectivity index is 2.15. The molecule has 0 saturated heterocycles. The summed E-state index contributed by atoms with van der Waals surface area (Å²) in [6.07, 6.45) is 1.88. The van der Waals surface area contributed by atoms with E-state index in [1.165, 1.54) is 11.3 Å². The highest BCUT2D eigenvalue weighted by atomic mass is 32.1. The number of nitrogens with zero attached hydrogens (tertiary/aromatic N) is 3. The molecule has 0 atom stereocenters. The van der Waals surface area contributed by atoms with E-state index in [1.807, 2.05) is 35.8 Å². The van der Waals surface area contributed by atoms with Gasteiger partial charge in [-0.2, -0.15) is 4.98 Å². The minimum Gasteiger partial charge on any atom is -0.497 e. The van der Waals surface area contributed by atoms with Crippen molar-refractivity contribution in [2.75, 3.05) is 7.11 Å². The van der Waals surface area contributed by atoms with Crippen molar-refractivity contribution in [3.63, 3.8) is 0 Å². The van der Waals surface area contributed by atoms with Crippen LogP contribution in [-0.4, -0.2) is 21.5 Å². The molecule has 0 aliphatic rings. The quantitative estimate of drug-likeness (QED) is 0.673. The maximum Gasteiger partial charge on any atom is 0.208 e. The first kappa shape index (κ1) is 11.3. The summed E-state index contributed by atoms with van der Waals surface area (Å²) in [5, 5.41) is 1.94. The topological polar surface area (TPSA) is 39.4 Å². The van der Waals surface area contributed by atoms with E-state index in [9.17, 15) is 0 Å². The molecule has 3 aromatic rings. The summed E-state index contributed by atoms with van der Waals surface area (Å²) in [7, 11) is 1.64. The van der Waals surface area contributed by atoms with Crippen LogP contribution in [0.15, 0.2) is 35.8 Å². The van der Waals surface area contributed by atoms with Crippen molar-refractivity contribution in [1.82, 2.24) is 14.4 Å². The van der Waals surface area contributed by atoms with Crippen LogP contribution in [0.4, 0.5) is 0 Å². The summed E-state index contributed by atoms with van der Waals surface area (Å²) in [6.45, 7) is 0. The van der Waals surface area contributed by atoms with Gasteiger partial charge in [-0.1, -0.05) is 0 Å². The van der Waals surface area contributed by atoms with E-state index in [4.69, 9.17) is 17.0 Å². The van der Waals surface area contributed by atoms with E-state index in [2.05, 4.69) is 9.97 Å². The van der Waals surface area contributed by atoms with Crippen LogP contribution < -0.4 is 4.74 Å². The van der Waals surface area contributed by atoms with Crippen molar-refractivity contribution in [1.29, 1.82) is 0 Å². The molecule has 6 heteroatoms. The average Bonchev–Trinajstić information content (AvgIpc) is 2.88. The molecule has 0 spiro atoms. The molecule has 0 amide bonds. The maximum absolute atomic E-state index is 5.24. The summed E-state index contributed by atoms with van der Waals surface area (Å²) >= 11 is 6.78. The third-order valence-electron chi connectivity index (χ3n) is 2.55. The van der Waals surface area contributed by atoms with Crippen molar-refractivity contribution in [2.45, 2.75) is 0 Å². The Morgan fingerprint density at radius 2 is 2.00 bits per heavy atom. The fourth-order valence-electron chi connectivity index (χ4n) is 1.63. The molecule has 0 N–H and O–H groups in total. The minimum atomic E-state index is 0.520. The Morgan fingerprint density at radius 3 is 2.72 bits per heavy atom. The first-order chi connectivity index (χ1) is 8.78. The first-order valence-electron chi connectivity index (χ1n) is 5.26. The minimum absolute atomic E-state index is 0.520. The second-order valence-electron chi connectivity index (χ2n) is 3.61. The number of thiazole rings is 1. The monoisotopic (exact) mass is 275 g/mol. The highest BCUT2D eigenvalue weighted by Gasteiger charge is 2.05. The zero-order valence-electron chi connectivity index (χ0n) is 9.53. The number of methoxy groups -OCH3 is 1. The standard InChI is InChI=1S/C12H9N3OS2/c1-16-9-4-2-8(3-5-9)10-13-11(17)15-6-7-18-12(15)14-10/h2-7H,1H3. The largest absolute Gasteiger partial charge is 0.497 e. The third-order valence-corrected chi connectivity index (χ3v) is 3.59. The molecule has 0 bridgehead atoms. The average molecular weight is 275 g/mol. The number of hydrogen-bond acceptors (Lipinski definition) is 5. The van der Waals surface area contributed by atoms with E-state index < -0.39 is 0 Å². The van der Waals surface area contributed by atoms with Crippen LogP contribution in [-0.2, 0) is 0 Å². The van der Waals surface area contributed by atoms with Crippen LogP contribution in [0, 0.1) is 4.77 Å². The predicted octanol–water partition coefficient (Wildman–Crippen LogP) is 3.20. The van der Waals surface area contributed by atoms with Crippen LogP contribution in [0.25, 0.3) is 16.3 Å². The molecule has 0 saturated carbocycles. The molecule has 0 unspecified atom stereocenters. The SMILES string of the molecule is COc1ccc(-c2nc(=S)n3ccsc3n2)cc1. The van der Waals surface area contributed by atoms with E-state index in [-0.39, 0.29) is 0 Å². The molecule has 2 aromatic heterocycles. The molecule has 90 valence electrons. The lowest BCUT2D eigenvalue weighted by Gasteiger charge is -2.02. The van der Waals surface area contributed by atoms with Crippen molar-refractivity contribution in [3.05, 3.63) is 40.6 Å². The number of aromatic nitrogens is 3. The zero-order valence-corrected chi connectivity index (χ0v) is 11.2. The van der Waals surface area contributed by atoms with Crippen LogP contribution >= 0.6 is 23.6 Å². The molecule has 4 nitrogen and oxygen atoms in total. The van der Waals surface area contributed by atoms with Gasteiger partial charge in [-0.15, -0.1) is 11.3 Å². The van der Waals surface area contributed by atoms with Gasteiger partial charge in [0.15, 0.2) is 10.8 Å². The molecular weight excluding hydrogens is 266 g/mol. The van der Waals surface area contributed by atoms with E-state index in [1.54, 1.807) is 11.5 Å². The van der Waals surface area contributed by atoms with Gasteiger partial charge in [-0.3, -0.25) is 4.40 Å². The Labute approximate surface area is 113 Å². The Hall–Kier alpha value is -1.79. The van der Waals surface area contributed by atoms with Gasteiger partial charge in [0.2, 0.25) is 4.77 Å². The summed E-state index contributed by atoms with van der Waals surface area (Å²) in [6, 6.07) is 7.61. The van der Waals surface area contributed by atoms with E-state index in [0.717, 1.165) is 16.3 Å². The van der Waals surface area contributed by atoms with Crippen molar-refractivity contribution < 1.29 is 4.74 Å². The number of hydrogen-bond donors (Lipinski definition) is 0. The fraction of sp³-hybridized carbons (Fsp3) is 0.0833. The molecule has 18 heavy (non-hydrogen) atoms. The highest BCUT2D eigenvalue weighted by Crippen LogP contribution is 2.20. The molecule has 0 aliphatic carbocycles. The van der Waals surface area contributed by atoms with Crippen LogP contribution in [0.1, 0.15) is 0 Å². The van der Waals surface area contributed by atoms with E-state index in [0.29, 0.717) is 10.6 Å². The van der Waals surface area contributed by atoms with Crippen molar-refractivity contribution in [3.8, 4) is 17.1 Å². The van der Waals surface area contributed by atoms with Crippen LogP contribution in [0.2, 0.25) is 0 Å². The summed E-state index contributed by atoms with van der Waals surface area (Å²) in [4.78, 5) is 9.66. The molecular formula is C12H9N3OS2. The Morgan fingerprint density at radius 1 is 1.22 bits per heavy atom. The lowest BCUT2D eigenvalue weighted by Crippen LogP contribution is -1.96. The molecule has 0 fully saturated rings. The molecule has 3 rings (SSSR count). The molecule has 0 radical (unpaired) electrons. The van der Waals surface area contributed by atoms with Crippen molar-refractivity contribution >= 4 is 28.5 Å². The molecule has 2 heterocycles. The van der Waals surface area contributed by atoms with Gasteiger partial charge >= 0.3 is 0 Å². The van der Waals surface area contributed by atoms with Gasteiger partial charge in [0, 0.05) is 17.1 Å². The summed E-state index contributed by atoms with van der Waals surface area (Å²) in [5.41, 5.74) is 0.929. The smallest absolute Gasteiger partial charge is 0.208 e. The lowest BCUT2D eigenvalue weighted by atomic mass is 10.2. The van der Waals surface area contributed by atoms with Gasteiger partial charge < -0.3 is 4.74 Å². The van der Waals surface area contributed by atoms with Gasteiger partial charge in [0.1, 0.15) is 5.75 Å². The second-order valence-corrected chi connectivity index (χ2v) is 4.85. The summed E-state index contributed by atoms with van der Waals surface area (Å²) < 4.78 is 7.44. The van der Waals surface area contributed by atoms with E-state index >= 15 is 0 Å². The number of ether oxygens (including phenoxy) is 1. The van der Waals surface area contributed by atoms with Crippen LogP contribution in [0.3, 0.4) is 0 Å². The van der Waals surface area contributed by atoms with Gasteiger partial charge in [0.05, 0.1) is 7.11 Å². The van der Waals surface area contributed by atoms with Gasteiger partial charge in [0.25, 0.3) is 0 Å². The summed E-state index contributed by atoms with van der Waals surface area (Å²) in [5.74, 6) is 1.45. The van der Waals surface area contributed by atoms with Crippen molar-refractivity contribution in [2.24, 2.45) is 0 Å². The second kappa shape index (κ2) is 4.47. The Bertz CT molecular complexity index is 746. The lowest BCUT2D eigenvalue weighted by molar-refractivity contribution is 0.415. The third kappa shape index (κ3) is 1.89. The van der Waals surface area contributed by atoms with Gasteiger partial charge in [-0.25, -0.2) is 4.98 Å². The van der Waals surface area contributed by atoms with Crippen LogP contribution in [0.5, 0.6) is 5.75 Å². The van der Waals surface area contributed by atoms with Gasteiger partial charge in [-0.05, 0) is 36.5 Å². The maximum atomic E-state index is 5.24. The molecule has 1 aromatic carbocycles. The fourth-order valence-corrected chi connectivity index (χ4v) is 2.62. The highest BCUT2D eigenvalue weighted by molar-refractivity contribution is 7.71. The predicted molar refractivity (Wildman–Crippen MR) is 73.7 cm³/mol. The Kier molecular flexibility index (Phi) is 2.81. The normalized spacial score (nSPS) is 10.7. The first-order valence-corrected chi connectivity index (χ1v) is 6.55. The number of fused-ring (bicyclic) bond motifs is 1. The number of benzene rings is 1. The molecule has 0 aliphatic heterocycles. The zero-order chi connectivity index (χ0) is 12.5. The number of rotatable bonds is 2.